The zero-order valence-electron chi connectivity index (χ0n) is 13.9. The summed E-state index contributed by atoms with van der Waals surface area (Å²) in [6.07, 6.45) is 14.0. The van der Waals surface area contributed by atoms with Crippen molar-refractivity contribution in [3.05, 3.63) is 0 Å². The van der Waals surface area contributed by atoms with Gasteiger partial charge in [0.05, 0.1) is 6.61 Å². The largest absolute Gasteiger partial charge is 0.380 e. The molecule has 2 N–H and O–H groups in total. The van der Waals surface area contributed by atoms with Gasteiger partial charge in [-0.2, -0.15) is 0 Å². The normalized spacial score (nSPS) is 27.6. The maximum absolute atomic E-state index is 6.21. The first-order chi connectivity index (χ1) is 10.2. The van der Waals surface area contributed by atoms with Gasteiger partial charge in [0, 0.05) is 25.2 Å². The highest BCUT2D eigenvalue weighted by Crippen LogP contribution is 2.52. The molecule has 0 radical (unpaired) electrons. The van der Waals surface area contributed by atoms with Crippen LogP contribution in [0.15, 0.2) is 0 Å². The van der Waals surface area contributed by atoms with Gasteiger partial charge < -0.3 is 10.5 Å². The Kier molecular flexibility index (Phi) is 4.92. The Balaban J connectivity index is 1.46. The molecule has 122 valence electrons. The summed E-state index contributed by atoms with van der Waals surface area (Å²) in [6, 6.07) is 0. The molecule has 1 spiro atoms. The molecule has 0 aromatic rings. The van der Waals surface area contributed by atoms with Crippen molar-refractivity contribution in [2.24, 2.45) is 17.1 Å². The molecule has 3 aliphatic rings. The van der Waals surface area contributed by atoms with Crippen molar-refractivity contribution in [2.45, 2.75) is 69.7 Å². The van der Waals surface area contributed by atoms with E-state index in [1.807, 2.05) is 0 Å². The highest BCUT2D eigenvalue weighted by molar-refractivity contribution is 5.00. The fourth-order valence-corrected chi connectivity index (χ4v) is 4.59. The first-order valence-electron chi connectivity index (χ1n) is 9.17. The van der Waals surface area contributed by atoms with Gasteiger partial charge in [-0.05, 0) is 69.7 Å². The minimum Gasteiger partial charge on any atom is -0.380 e. The summed E-state index contributed by atoms with van der Waals surface area (Å²) in [4.78, 5) is 2.52. The lowest BCUT2D eigenvalue weighted by atomic mass is 9.66. The maximum Gasteiger partial charge on any atom is 0.0593 e. The topological polar surface area (TPSA) is 38.5 Å². The predicted molar refractivity (Wildman–Crippen MR) is 87.3 cm³/mol. The predicted octanol–water partition coefficient (Wildman–Crippen LogP) is 3.18. The molecule has 0 atom stereocenters. The van der Waals surface area contributed by atoms with E-state index in [4.69, 9.17) is 10.5 Å². The van der Waals surface area contributed by atoms with Crippen LogP contribution in [0.3, 0.4) is 0 Å². The van der Waals surface area contributed by atoms with Gasteiger partial charge in [0.15, 0.2) is 0 Å². The monoisotopic (exact) mass is 294 g/mol. The van der Waals surface area contributed by atoms with Gasteiger partial charge in [0.2, 0.25) is 0 Å². The third-order valence-corrected chi connectivity index (χ3v) is 6.72. The Morgan fingerprint density at radius 1 is 1.05 bits per heavy atom. The van der Waals surface area contributed by atoms with Gasteiger partial charge in [0.1, 0.15) is 0 Å². The summed E-state index contributed by atoms with van der Waals surface area (Å²) in [5.41, 5.74) is 7.15. The quantitative estimate of drug-likeness (QED) is 0.733. The lowest BCUT2D eigenvalue weighted by Crippen LogP contribution is -2.56. The van der Waals surface area contributed by atoms with E-state index in [1.165, 1.54) is 64.2 Å². The van der Waals surface area contributed by atoms with E-state index >= 15 is 0 Å². The molecule has 0 aliphatic heterocycles. The van der Waals surface area contributed by atoms with E-state index < -0.39 is 0 Å². The van der Waals surface area contributed by atoms with Crippen LogP contribution in [0.4, 0.5) is 0 Å². The molecule has 0 bridgehead atoms. The maximum atomic E-state index is 6.21. The Labute approximate surface area is 130 Å². The SMILES string of the molecule is CN(CCOCC1CC1)C1(CN)CCC2(CCCC2)CC1. The van der Waals surface area contributed by atoms with Crippen LogP contribution in [0.5, 0.6) is 0 Å². The van der Waals surface area contributed by atoms with Crippen LogP contribution in [0.25, 0.3) is 0 Å². The Morgan fingerprint density at radius 3 is 2.29 bits per heavy atom. The molecule has 0 heterocycles. The van der Waals surface area contributed by atoms with Crippen molar-refractivity contribution in [1.29, 1.82) is 0 Å². The van der Waals surface area contributed by atoms with Crippen LogP contribution in [-0.2, 0) is 4.74 Å². The van der Waals surface area contributed by atoms with Crippen LogP contribution >= 0.6 is 0 Å². The van der Waals surface area contributed by atoms with Gasteiger partial charge in [-0.1, -0.05) is 12.8 Å². The highest BCUT2D eigenvalue weighted by atomic mass is 16.5. The molecule has 3 heteroatoms. The summed E-state index contributed by atoms with van der Waals surface area (Å²) in [5, 5.41) is 0. The summed E-state index contributed by atoms with van der Waals surface area (Å²) in [7, 11) is 2.26. The molecule has 3 saturated carbocycles. The summed E-state index contributed by atoms with van der Waals surface area (Å²) < 4.78 is 5.82. The number of nitrogens with two attached hydrogens (primary N) is 1. The van der Waals surface area contributed by atoms with Crippen molar-refractivity contribution in [2.75, 3.05) is 33.4 Å². The van der Waals surface area contributed by atoms with E-state index in [0.717, 1.165) is 32.2 Å². The molecular weight excluding hydrogens is 260 g/mol. The first-order valence-corrected chi connectivity index (χ1v) is 9.17. The smallest absolute Gasteiger partial charge is 0.0593 e. The minimum atomic E-state index is 0.247. The van der Waals surface area contributed by atoms with E-state index in [0.29, 0.717) is 5.41 Å². The lowest BCUT2D eigenvalue weighted by molar-refractivity contribution is 0.00938. The second-order valence-electron chi connectivity index (χ2n) is 8.08. The molecule has 0 amide bonds. The van der Waals surface area contributed by atoms with Gasteiger partial charge in [0.25, 0.3) is 0 Å². The Hall–Kier alpha value is -0.120. The van der Waals surface area contributed by atoms with Gasteiger partial charge in [-0.3, -0.25) is 4.90 Å². The highest BCUT2D eigenvalue weighted by Gasteiger charge is 2.44. The minimum absolute atomic E-state index is 0.247. The second kappa shape index (κ2) is 6.55. The van der Waals surface area contributed by atoms with Crippen LogP contribution in [0.2, 0.25) is 0 Å². The van der Waals surface area contributed by atoms with Crippen LogP contribution in [0, 0.1) is 11.3 Å². The standard InChI is InChI=1S/C18H34N2O/c1-20(12-13-21-14-16-4-5-16)18(15-19)10-8-17(9-11-18)6-2-3-7-17/h16H,2-15,19H2,1H3. The summed E-state index contributed by atoms with van der Waals surface area (Å²) in [5.74, 6) is 0.871. The third kappa shape index (κ3) is 3.62. The average molecular weight is 294 g/mol. The third-order valence-electron chi connectivity index (χ3n) is 6.72. The van der Waals surface area contributed by atoms with Crippen LogP contribution < -0.4 is 5.73 Å². The van der Waals surface area contributed by atoms with Crippen LogP contribution in [-0.4, -0.2) is 43.8 Å². The zero-order valence-corrected chi connectivity index (χ0v) is 13.9. The van der Waals surface area contributed by atoms with Crippen molar-refractivity contribution < 1.29 is 4.74 Å². The number of ether oxygens (including phenoxy) is 1. The summed E-state index contributed by atoms with van der Waals surface area (Å²) >= 11 is 0. The molecule has 3 rings (SSSR count). The van der Waals surface area contributed by atoms with Crippen LogP contribution in [0.1, 0.15) is 64.2 Å². The van der Waals surface area contributed by atoms with Gasteiger partial charge >= 0.3 is 0 Å². The molecule has 3 nitrogen and oxygen atoms in total. The van der Waals surface area contributed by atoms with Crippen molar-refractivity contribution in [3.63, 3.8) is 0 Å². The van der Waals surface area contributed by atoms with E-state index in [1.54, 1.807) is 0 Å². The van der Waals surface area contributed by atoms with Crippen molar-refractivity contribution in [3.8, 4) is 0 Å². The molecule has 21 heavy (non-hydrogen) atoms. The van der Waals surface area contributed by atoms with E-state index in [9.17, 15) is 0 Å². The molecule has 3 aliphatic carbocycles. The number of likely N-dealkylation sites (N-methyl/N-ethyl adjacent to an activating group) is 1. The van der Waals surface area contributed by atoms with Crippen molar-refractivity contribution >= 4 is 0 Å². The zero-order chi connectivity index (χ0) is 14.8. The molecular formula is C18H34N2O. The van der Waals surface area contributed by atoms with E-state index in [-0.39, 0.29) is 5.54 Å². The molecule has 0 aromatic heterocycles. The number of hydrogen-bond donors (Lipinski definition) is 1. The number of nitrogens with zero attached hydrogens (tertiary/aromatic N) is 1. The molecule has 3 fully saturated rings. The molecule has 0 saturated heterocycles. The molecule has 0 aromatic carbocycles. The second-order valence-corrected chi connectivity index (χ2v) is 8.08. The van der Waals surface area contributed by atoms with Gasteiger partial charge in [-0.25, -0.2) is 0 Å². The Bertz CT molecular complexity index is 324. The summed E-state index contributed by atoms with van der Waals surface area (Å²) in [6.45, 7) is 3.70. The van der Waals surface area contributed by atoms with Gasteiger partial charge in [-0.15, -0.1) is 0 Å². The average Bonchev–Trinajstić information content (AvgIpc) is 3.24. The Morgan fingerprint density at radius 2 is 1.71 bits per heavy atom. The fourth-order valence-electron chi connectivity index (χ4n) is 4.59. The first kappa shape index (κ1) is 15.8. The van der Waals surface area contributed by atoms with E-state index in [2.05, 4.69) is 11.9 Å². The van der Waals surface area contributed by atoms with Crippen molar-refractivity contribution in [1.82, 2.24) is 4.90 Å². The number of hydrogen-bond acceptors (Lipinski definition) is 3. The number of rotatable bonds is 7. The molecule has 0 unspecified atom stereocenters. The fraction of sp³-hybridized carbons (Fsp3) is 1.00. The lowest BCUT2D eigenvalue weighted by Gasteiger charge is -2.49.